The average molecular weight is 945 g/mol. The fourth-order valence-corrected chi connectivity index (χ4v) is 10.8. The van der Waals surface area contributed by atoms with Crippen molar-refractivity contribution < 1.29 is 29.4 Å². The number of nitrogens with one attached hydrogen (secondary N) is 2. The number of thiophene rings is 1. The standard InChI is InChI=1S/C49H56N10O6S2/c1-26-29(4)67-48-41(26)42(53-37(21-40(62)63)45-56-55-30(5)59(45)48)33-15-13-32(14-16-33)35-22-51-57(23-35)19-9-10-39(61)54-44(49(6,7)8)47(65)58-24-36(60)20-38(58)46(64)52-27(2)31-11-17-34(18-12-31)43-28(3)50-25-66-43/h11-18,22-23,25,27,36-38,44,60H,9-10,19-21,24H2,1-8H3,(H,52,64)(H,54,61)(H,62,63)/t27-,36+,37-,38-,44+/m0/s1. The van der Waals surface area contributed by atoms with Crippen LogP contribution in [0.5, 0.6) is 0 Å². The summed E-state index contributed by atoms with van der Waals surface area (Å²) in [7, 11) is 0. The number of aliphatic hydroxyl groups is 1. The lowest BCUT2D eigenvalue weighted by molar-refractivity contribution is -0.144. The fourth-order valence-electron chi connectivity index (χ4n) is 8.80. The number of carboxylic acids is 1. The first kappa shape index (κ1) is 47.1. The first-order valence-electron chi connectivity index (χ1n) is 22.4. The highest BCUT2D eigenvalue weighted by Crippen LogP contribution is 2.40. The number of β-amino-alcohol motifs (C(OH)–C–C–N with tert-alkyl or cyclic N) is 1. The highest BCUT2D eigenvalue weighted by atomic mass is 32.1. The summed E-state index contributed by atoms with van der Waals surface area (Å²) in [6, 6.07) is 13.0. The molecule has 2 aliphatic rings. The number of benzene rings is 2. The molecule has 0 spiro atoms. The van der Waals surface area contributed by atoms with Crippen LogP contribution in [0.4, 0.5) is 0 Å². The number of carbonyl (C=O) groups excluding carboxylic acids is 3. The second-order valence-corrected chi connectivity index (χ2v) is 20.6. The van der Waals surface area contributed by atoms with Gasteiger partial charge in [-0.05, 0) is 68.7 Å². The van der Waals surface area contributed by atoms with Crippen LogP contribution in [-0.2, 0) is 25.7 Å². The number of aryl methyl sites for hydroxylation is 4. The van der Waals surface area contributed by atoms with Crippen LogP contribution in [0.25, 0.3) is 26.6 Å². The Morgan fingerprint density at radius 3 is 2.30 bits per heavy atom. The lowest BCUT2D eigenvalue weighted by Crippen LogP contribution is -2.57. The van der Waals surface area contributed by atoms with Gasteiger partial charge in [-0.2, -0.15) is 5.10 Å². The van der Waals surface area contributed by atoms with Gasteiger partial charge in [0, 0.05) is 53.7 Å². The highest BCUT2D eigenvalue weighted by molar-refractivity contribution is 7.15. The molecule has 0 saturated carbocycles. The largest absolute Gasteiger partial charge is 0.481 e. The van der Waals surface area contributed by atoms with Gasteiger partial charge in [0.05, 0.1) is 46.6 Å². The molecule has 6 heterocycles. The molecule has 1 fully saturated rings. The zero-order chi connectivity index (χ0) is 47.9. The molecule has 2 aliphatic heterocycles. The van der Waals surface area contributed by atoms with Crippen molar-refractivity contribution in [1.82, 2.24) is 45.1 Å². The van der Waals surface area contributed by atoms with Crippen molar-refractivity contribution in [2.75, 3.05) is 6.54 Å². The number of aliphatic imine (C=N–C) groups is 1. The van der Waals surface area contributed by atoms with E-state index in [1.807, 2.05) is 106 Å². The number of carboxylic acid groups (broad SMARTS) is 1. The van der Waals surface area contributed by atoms with Gasteiger partial charge in [0.25, 0.3) is 0 Å². The molecule has 8 rings (SSSR count). The minimum absolute atomic E-state index is 0.0117. The molecule has 5 atom stereocenters. The molecule has 18 heteroatoms. The van der Waals surface area contributed by atoms with Crippen molar-refractivity contribution in [1.29, 1.82) is 0 Å². The van der Waals surface area contributed by atoms with E-state index >= 15 is 0 Å². The number of hydrogen-bond donors (Lipinski definition) is 4. The summed E-state index contributed by atoms with van der Waals surface area (Å²) in [4.78, 5) is 66.4. The van der Waals surface area contributed by atoms with Gasteiger partial charge < -0.3 is 25.7 Å². The molecule has 1 saturated heterocycles. The number of nitrogens with zero attached hydrogens (tertiary/aromatic N) is 8. The third-order valence-corrected chi connectivity index (χ3v) is 14.8. The number of amides is 3. The molecule has 4 N–H and O–H groups in total. The van der Waals surface area contributed by atoms with Crippen LogP contribution in [-0.4, -0.2) is 98.8 Å². The van der Waals surface area contributed by atoms with Gasteiger partial charge in [-0.15, -0.1) is 32.9 Å². The van der Waals surface area contributed by atoms with Gasteiger partial charge in [0.2, 0.25) is 17.7 Å². The maximum absolute atomic E-state index is 14.2. The van der Waals surface area contributed by atoms with Gasteiger partial charge in [-0.1, -0.05) is 69.3 Å². The molecular formula is C49H56N10O6S2. The van der Waals surface area contributed by atoms with Crippen LogP contribution in [0.2, 0.25) is 0 Å². The molecule has 16 nitrogen and oxygen atoms in total. The summed E-state index contributed by atoms with van der Waals surface area (Å²) in [5, 5.41) is 40.6. The minimum Gasteiger partial charge on any atom is -0.481 e. The van der Waals surface area contributed by atoms with Crippen molar-refractivity contribution in [3.8, 4) is 26.6 Å². The quantitative estimate of drug-likeness (QED) is 0.0873. The van der Waals surface area contributed by atoms with Crippen molar-refractivity contribution in [2.45, 2.75) is 118 Å². The highest BCUT2D eigenvalue weighted by Gasteiger charge is 2.45. The van der Waals surface area contributed by atoms with E-state index in [4.69, 9.17) is 4.99 Å². The fraction of sp³-hybridized carbons (Fsp3) is 0.408. The number of carbonyl (C=O) groups is 4. The van der Waals surface area contributed by atoms with E-state index in [-0.39, 0.29) is 43.7 Å². The van der Waals surface area contributed by atoms with Gasteiger partial charge in [0.15, 0.2) is 5.82 Å². The van der Waals surface area contributed by atoms with E-state index in [0.29, 0.717) is 30.3 Å². The number of likely N-dealkylation sites (tertiary alicyclic amines) is 1. The van der Waals surface area contributed by atoms with Crippen molar-refractivity contribution in [3.63, 3.8) is 0 Å². The van der Waals surface area contributed by atoms with Crippen LogP contribution >= 0.6 is 22.7 Å². The van der Waals surface area contributed by atoms with E-state index in [2.05, 4.69) is 44.8 Å². The van der Waals surface area contributed by atoms with Crippen molar-refractivity contribution in [3.05, 3.63) is 111 Å². The third-order valence-electron chi connectivity index (χ3n) is 12.6. The molecule has 350 valence electrons. The predicted octanol–water partition coefficient (Wildman–Crippen LogP) is 7.07. The van der Waals surface area contributed by atoms with Gasteiger partial charge in [-0.25, -0.2) is 4.98 Å². The van der Waals surface area contributed by atoms with Crippen molar-refractivity contribution in [2.24, 2.45) is 10.4 Å². The molecule has 4 aromatic heterocycles. The summed E-state index contributed by atoms with van der Waals surface area (Å²) in [5.74, 6) is -0.877. The Balaban J connectivity index is 0.884. The monoisotopic (exact) mass is 944 g/mol. The lowest BCUT2D eigenvalue weighted by Gasteiger charge is -2.35. The normalized spacial score (nSPS) is 17.8. The van der Waals surface area contributed by atoms with Crippen LogP contribution < -0.4 is 10.6 Å². The molecule has 0 aliphatic carbocycles. The maximum Gasteiger partial charge on any atom is 0.306 e. The molecule has 0 unspecified atom stereocenters. The summed E-state index contributed by atoms with van der Waals surface area (Å²) in [5.41, 5.74) is 9.41. The molecule has 6 aromatic rings. The Labute approximate surface area is 397 Å². The summed E-state index contributed by atoms with van der Waals surface area (Å²) >= 11 is 3.19. The first-order valence-corrected chi connectivity index (χ1v) is 24.1. The van der Waals surface area contributed by atoms with Crippen LogP contribution in [0.1, 0.15) is 110 Å². The molecule has 2 aromatic carbocycles. The third kappa shape index (κ3) is 9.87. The first-order chi connectivity index (χ1) is 31.9. The van der Waals surface area contributed by atoms with E-state index < -0.39 is 41.5 Å². The topological polar surface area (TPSA) is 210 Å². The van der Waals surface area contributed by atoms with E-state index in [0.717, 1.165) is 59.4 Å². The number of thiazole rings is 1. The van der Waals surface area contributed by atoms with E-state index in [1.165, 1.54) is 4.90 Å². The second kappa shape index (κ2) is 19.1. The van der Waals surface area contributed by atoms with Gasteiger partial charge in [0.1, 0.15) is 29.0 Å². The number of aromatic nitrogens is 6. The zero-order valence-corrected chi connectivity index (χ0v) is 40.5. The maximum atomic E-state index is 14.2. The number of aliphatic carboxylic acids is 1. The smallest absolute Gasteiger partial charge is 0.306 e. The summed E-state index contributed by atoms with van der Waals surface area (Å²) < 4.78 is 3.72. The summed E-state index contributed by atoms with van der Waals surface area (Å²) in [6.45, 7) is 15.9. The number of rotatable bonds is 14. The molecule has 0 radical (unpaired) electrons. The van der Waals surface area contributed by atoms with E-state index in [9.17, 15) is 29.4 Å². The Bertz CT molecular complexity index is 2850. The Hall–Kier alpha value is -6.37. The van der Waals surface area contributed by atoms with Crippen LogP contribution in [0, 0.1) is 33.1 Å². The van der Waals surface area contributed by atoms with Gasteiger partial charge >= 0.3 is 5.97 Å². The Kier molecular flexibility index (Phi) is 13.4. The zero-order valence-electron chi connectivity index (χ0n) is 38.9. The molecular weight excluding hydrogens is 889 g/mol. The van der Waals surface area contributed by atoms with Crippen molar-refractivity contribution >= 4 is 52.1 Å². The SMILES string of the molecule is Cc1ncsc1-c1ccc([C@H](C)NC(=O)[C@@H]2C[C@@H](O)CN2C(=O)[C@@H](NC(=O)CCCn2cc(-c3ccc(C4=N[C@@H](CC(=O)O)c5nnc(C)n5-c5sc(C)c(C)c54)cc3)cn2)C(C)(C)C)cc1. The van der Waals surface area contributed by atoms with Crippen LogP contribution in [0.3, 0.4) is 0 Å². The second-order valence-electron chi connectivity index (χ2n) is 18.6. The Morgan fingerprint density at radius 1 is 0.925 bits per heavy atom. The number of fused-ring (bicyclic) bond motifs is 3. The molecule has 0 bridgehead atoms. The van der Waals surface area contributed by atoms with Gasteiger partial charge in [-0.3, -0.25) is 33.4 Å². The average Bonchev–Trinajstić information content (AvgIpc) is 4.13. The van der Waals surface area contributed by atoms with Crippen LogP contribution in [0.15, 0.2) is 71.4 Å². The minimum atomic E-state index is -0.974. The summed E-state index contributed by atoms with van der Waals surface area (Å²) in [6.07, 6.45) is 3.28. The lowest BCUT2D eigenvalue weighted by atomic mass is 9.85. The number of aliphatic hydroxyl groups excluding tert-OH is 1. The molecule has 3 amide bonds. The number of hydrogen-bond acceptors (Lipinski definition) is 12. The van der Waals surface area contributed by atoms with E-state index in [1.54, 1.807) is 33.6 Å². The molecule has 67 heavy (non-hydrogen) atoms. The predicted molar refractivity (Wildman–Crippen MR) is 257 cm³/mol. The Morgan fingerprint density at radius 2 is 1.63 bits per heavy atom.